The summed E-state index contributed by atoms with van der Waals surface area (Å²) < 4.78 is 48.8. The Hall–Kier alpha value is -1.54. The number of hydrogen-bond acceptors (Lipinski definition) is 2. The molecule has 116 valence electrons. The van der Waals surface area contributed by atoms with Gasteiger partial charge in [0.2, 0.25) is 0 Å². The fourth-order valence-electron chi connectivity index (χ4n) is 2.17. The van der Waals surface area contributed by atoms with Crippen LogP contribution in [0.5, 0.6) is 0 Å². The molecule has 5 nitrogen and oxygen atoms in total. The lowest BCUT2D eigenvalue weighted by Crippen LogP contribution is -2.46. The van der Waals surface area contributed by atoms with E-state index in [4.69, 9.17) is 5.11 Å². The lowest BCUT2D eigenvalue weighted by atomic mass is 9.96. The third kappa shape index (κ3) is 4.53. The van der Waals surface area contributed by atoms with E-state index in [-0.39, 0.29) is 12.5 Å². The summed E-state index contributed by atoms with van der Waals surface area (Å²) in [6.45, 7) is -1.45. The first-order valence-corrected chi connectivity index (χ1v) is 6.14. The summed E-state index contributed by atoms with van der Waals surface area (Å²) in [7, 11) is 0. The second-order valence-corrected chi connectivity index (χ2v) is 4.76. The summed E-state index contributed by atoms with van der Waals surface area (Å²) in [5, 5.41) is 12.8. The first-order chi connectivity index (χ1) is 9.24. The molecule has 0 heterocycles. The Balaban J connectivity index is 2.32. The number of halogens is 4. The SMILES string of the molecule is O=C(NCC1CCCC1C(=O)O)NCC(F)(F)C(F)F. The first-order valence-electron chi connectivity index (χ1n) is 6.14. The van der Waals surface area contributed by atoms with Crippen LogP contribution in [0.15, 0.2) is 0 Å². The number of hydrogen-bond donors (Lipinski definition) is 3. The molecule has 0 aromatic heterocycles. The van der Waals surface area contributed by atoms with Gasteiger partial charge in [-0.1, -0.05) is 6.42 Å². The Kier molecular flexibility index (Phi) is 5.58. The van der Waals surface area contributed by atoms with Crippen molar-refractivity contribution in [3.05, 3.63) is 0 Å². The molecule has 2 atom stereocenters. The standard InChI is InChI=1S/C11H16F4N2O3/c12-9(13)11(14,15)5-17-10(20)16-4-6-2-1-3-7(6)8(18)19/h6-7,9H,1-5H2,(H,18,19)(H2,16,17,20). The zero-order valence-electron chi connectivity index (χ0n) is 10.5. The number of carboxylic acids is 1. The monoisotopic (exact) mass is 300 g/mol. The molecular weight excluding hydrogens is 284 g/mol. The molecule has 20 heavy (non-hydrogen) atoms. The van der Waals surface area contributed by atoms with Crippen molar-refractivity contribution >= 4 is 12.0 Å². The predicted molar refractivity (Wildman–Crippen MR) is 60.8 cm³/mol. The minimum atomic E-state index is -4.28. The molecule has 0 saturated heterocycles. The van der Waals surface area contributed by atoms with Gasteiger partial charge in [-0.05, 0) is 18.8 Å². The number of urea groups is 1. The number of amides is 2. The number of rotatable bonds is 6. The molecule has 0 aliphatic heterocycles. The fourth-order valence-corrected chi connectivity index (χ4v) is 2.17. The van der Waals surface area contributed by atoms with Gasteiger partial charge in [-0.3, -0.25) is 4.79 Å². The molecule has 1 saturated carbocycles. The van der Waals surface area contributed by atoms with E-state index in [1.165, 1.54) is 0 Å². The molecule has 1 aliphatic carbocycles. The quantitative estimate of drug-likeness (QED) is 0.653. The van der Waals surface area contributed by atoms with E-state index in [2.05, 4.69) is 5.32 Å². The molecule has 0 bridgehead atoms. The molecule has 1 rings (SSSR count). The van der Waals surface area contributed by atoms with Crippen LogP contribution < -0.4 is 10.6 Å². The minimum Gasteiger partial charge on any atom is -0.481 e. The number of carboxylic acid groups (broad SMARTS) is 1. The van der Waals surface area contributed by atoms with Gasteiger partial charge in [0, 0.05) is 6.54 Å². The van der Waals surface area contributed by atoms with Crippen molar-refractivity contribution in [2.24, 2.45) is 11.8 Å². The Morgan fingerprint density at radius 2 is 1.90 bits per heavy atom. The summed E-state index contributed by atoms with van der Waals surface area (Å²) in [4.78, 5) is 22.1. The van der Waals surface area contributed by atoms with Gasteiger partial charge in [0.25, 0.3) is 0 Å². The van der Waals surface area contributed by atoms with E-state index in [0.717, 1.165) is 0 Å². The van der Waals surface area contributed by atoms with E-state index < -0.39 is 36.8 Å². The highest BCUT2D eigenvalue weighted by atomic mass is 19.3. The number of carbonyl (C=O) groups is 2. The topological polar surface area (TPSA) is 78.4 Å². The first kappa shape index (κ1) is 16.5. The van der Waals surface area contributed by atoms with Crippen molar-refractivity contribution in [2.75, 3.05) is 13.1 Å². The van der Waals surface area contributed by atoms with Gasteiger partial charge in [0.05, 0.1) is 12.5 Å². The number of aliphatic carboxylic acids is 1. The number of nitrogens with one attached hydrogen (secondary N) is 2. The highest BCUT2D eigenvalue weighted by molar-refractivity contribution is 5.74. The molecule has 3 N–H and O–H groups in total. The molecule has 1 fully saturated rings. The summed E-state index contributed by atoms with van der Waals surface area (Å²) in [6.07, 6.45) is -2.01. The smallest absolute Gasteiger partial charge is 0.324 e. The van der Waals surface area contributed by atoms with Crippen molar-refractivity contribution in [3.8, 4) is 0 Å². The van der Waals surface area contributed by atoms with E-state index in [1.54, 1.807) is 5.32 Å². The minimum absolute atomic E-state index is 0.0169. The zero-order valence-corrected chi connectivity index (χ0v) is 10.5. The van der Waals surface area contributed by atoms with Gasteiger partial charge < -0.3 is 15.7 Å². The third-order valence-corrected chi connectivity index (χ3v) is 3.30. The van der Waals surface area contributed by atoms with Crippen LogP contribution in [0.25, 0.3) is 0 Å². The van der Waals surface area contributed by atoms with Crippen LogP contribution in [-0.4, -0.2) is 42.5 Å². The molecule has 0 radical (unpaired) electrons. The predicted octanol–water partition coefficient (Wildman–Crippen LogP) is 1.69. The van der Waals surface area contributed by atoms with Gasteiger partial charge in [-0.25, -0.2) is 13.6 Å². The molecule has 9 heteroatoms. The van der Waals surface area contributed by atoms with Gasteiger partial charge in [0.1, 0.15) is 0 Å². The Labute approximate surface area is 112 Å². The molecule has 2 unspecified atom stereocenters. The average molecular weight is 300 g/mol. The Morgan fingerprint density at radius 1 is 1.25 bits per heavy atom. The summed E-state index contributed by atoms with van der Waals surface area (Å²) >= 11 is 0. The van der Waals surface area contributed by atoms with Crippen LogP contribution in [-0.2, 0) is 4.79 Å². The van der Waals surface area contributed by atoms with E-state index in [0.29, 0.717) is 19.3 Å². The molecule has 0 aromatic rings. The van der Waals surface area contributed by atoms with Crippen molar-refractivity contribution < 1.29 is 32.3 Å². The average Bonchev–Trinajstić information content (AvgIpc) is 2.82. The highest BCUT2D eigenvalue weighted by Crippen LogP contribution is 2.31. The lowest BCUT2D eigenvalue weighted by molar-refractivity contribution is -0.142. The maximum absolute atomic E-state index is 12.5. The highest BCUT2D eigenvalue weighted by Gasteiger charge is 2.41. The third-order valence-electron chi connectivity index (χ3n) is 3.30. The van der Waals surface area contributed by atoms with Gasteiger partial charge in [0.15, 0.2) is 0 Å². The van der Waals surface area contributed by atoms with Crippen molar-refractivity contribution in [1.29, 1.82) is 0 Å². The molecule has 0 aromatic carbocycles. The zero-order chi connectivity index (χ0) is 15.3. The number of carbonyl (C=O) groups excluding carboxylic acids is 1. The summed E-state index contributed by atoms with van der Waals surface area (Å²) in [5.74, 6) is -6.08. The number of alkyl halides is 4. The lowest BCUT2D eigenvalue weighted by Gasteiger charge is -2.18. The molecule has 1 aliphatic rings. The maximum Gasteiger partial charge on any atom is 0.324 e. The summed E-state index contributed by atoms with van der Waals surface area (Å²) in [5.41, 5.74) is 0. The van der Waals surface area contributed by atoms with Gasteiger partial charge >= 0.3 is 24.3 Å². The van der Waals surface area contributed by atoms with Gasteiger partial charge in [-0.2, -0.15) is 8.78 Å². The Morgan fingerprint density at radius 3 is 2.45 bits per heavy atom. The van der Waals surface area contributed by atoms with Crippen LogP contribution in [0.2, 0.25) is 0 Å². The Bertz CT molecular complexity index is 366. The van der Waals surface area contributed by atoms with E-state index in [1.807, 2.05) is 0 Å². The van der Waals surface area contributed by atoms with E-state index in [9.17, 15) is 27.2 Å². The molecule has 2 amide bonds. The molecular formula is C11H16F4N2O3. The van der Waals surface area contributed by atoms with Crippen LogP contribution in [0.3, 0.4) is 0 Å². The normalized spacial score (nSPS) is 22.9. The summed E-state index contributed by atoms with van der Waals surface area (Å²) in [6, 6.07) is -1.01. The maximum atomic E-state index is 12.5. The second-order valence-electron chi connectivity index (χ2n) is 4.76. The largest absolute Gasteiger partial charge is 0.481 e. The van der Waals surface area contributed by atoms with Crippen molar-refractivity contribution in [3.63, 3.8) is 0 Å². The van der Waals surface area contributed by atoms with Crippen LogP contribution in [0, 0.1) is 11.8 Å². The van der Waals surface area contributed by atoms with E-state index >= 15 is 0 Å². The molecule has 0 spiro atoms. The second kappa shape index (κ2) is 6.76. The fraction of sp³-hybridized carbons (Fsp3) is 0.818. The van der Waals surface area contributed by atoms with Crippen LogP contribution in [0.4, 0.5) is 22.4 Å². The van der Waals surface area contributed by atoms with Gasteiger partial charge in [-0.15, -0.1) is 0 Å². The van der Waals surface area contributed by atoms with Crippen LogP contribution >= 0.6 is 0 Å². The van der Waals surface area contributed by atoms with Crippen LogP contribution in [0.1, 0.15) is 19.3 Å². The van der Waals surface area contributed by atoms with Crippen molar-refractivity contribution in [2.45, 2.75) is 31.6 Å². The van der Waals surface area contributed by atoms with Crippen molar-refractivity contribution in [1.82, 2.24) is 10.6 Å².